The molecule has 0 aliphatic carbocycles. The Morgan fingerprint density at radius 3 is 2.67 bits per heavy atom. The van der Waals surface area contributed by atoms with Gasteiger partial charge < -0.3 is 15.0 Å². The van der Waals surface area contributed by atoms with E-state index in [1.54, 1.807) is 35.6 Å². The Bertz CT molecular complexity index is 1030. The van der Waals surface area contributed by atoms with Crippen molar-refractivity contribution in [2.45, 2.75) is 25.8 Å². The molecular weight excluding hydrogens is 396 g/mol. The third kappa shape index (κ3) is 4.24. The van der Waals surface area contributed by atoms with Gasteiger partial charge in [0.2, 0.25) is 0 Å². The highest BCUT2D eigenvalue weighted by molar-refractivity contribution is 7.10. The van der Waals surface area contributed by atoms with E-state index in [1.165, 1.54) is 10.4 Å². The number of carbonyl (C=O) groups is 2. The quantitative estimate of drug-likeness (QED) is 0.616. The predicted molar refractivity (Wildman–Crippen MR) is 119 cm³/mol. The number of carbonyl (C=O) groups excluding carboxylic acids is 2. The van der Waals surface area contributed by atoms with Crippen LogP contribution in [0.5, 0.6) is 5.75 Å². The second kappa shape index (κ2) is 9.13. The molecule has 1 N–H and O–H groups in total. The molecule has 6 heteroatoms. The molecule has 0 saturated carbocycles. The van der Waals surface area contributed by atoms with Crippen LogP contribution in [-0.2, 0) is 11.2 Å². The number of ether oxygens (including phenoxy) is 1. The molecule has 1 aliphatic rings. The zero-order chi connectivity index (χ0) is 20.9. The highest BCUT2D eigenvalue weighted by Gasteiger charge is 2.30. The van der Waals surface area contributed by atoms with Gasteiger partial charge in [-0.2, -0.15) is 0 Å². The average molecular weight is 421 g/mol. The summed E-state index contributed by atoms with van der Waals surface area (Å²) in [5, 5.41) is 4.96. The van der Waals surface area contributed by atoms with Crippen LogP contribution in [0, 0.1) is 0 Å². The van der Waals surface area contributed by atoms with E-state index in [-0.39, 0.29) is 24.5 Å². The minimum Gasteiger partial charge on any atom is -0.483 e. The van der Waals surface area contributed by atoms with E-state index in [1.807, 2.05) is 35.2 Å². The molecule has 0 fully saturated rings. The average Bonchev–Trinajstić information content (AvgIpc) is 3.26. The molecular formula is C24H24N2O3S. The fourth-order valence-electron chi connectivity index (χ4n) is 3.86. The number of para-hydroxylation sites is 2. The van der Waals surface area contributed by atoms with Gasteiger partial charge in [-0.1, -0.05) is 37.3 Å². The van der Waals surface area contributed by atoms with E-state index in [2.05, 4.69) is 23.7 Å². The van der Waals surface area contributed by atoms with Gasteiger partial charge in [-0.05, 0) is 54.1 Å². The summed E-state index contributed by atoms with van der Waals surface area (Å²) in [4.78, 5) is 28.9. The van der Waals surface area contributed by atoms with Crippen LogP contribution in [0.25, 0.3) is 0 Å². The van der Waals surface area contributed by atoms with Crippen LogP contribution in [0.4, 0.5) is 5.69 Å². The Morgan fingerprint density at radius 1 is 1.10 bits per heavy atom. The van der Waals surface area contributed by atoms with Crippen LogP contribution < -0.4 is 10.1 Å². The maximum Gasteiger partial charge on any atom is 0.261 e. The van der Waals surface area contributed by atoms with Gasteiger partial charge in [0.1, 0.15) is 5.75 Å². The highest BCUT2D eigenvalue weighted by Crippen LogP contribution is 2.35. The van der Waals surface area contributed by atoms with Gasteiger partial charge in [0.05, 0.1) is 11.6 Å². The molecule has 0 radical (unpaired) electrons. The lowest BCUT2D eigenvalue weighted by Crippen LogP contribution is -2.41. The van der Waals surface area contributed by atoms with Crippen molar-refractivity contribution < 1.29 is 14.3 Å². The number of amides is 2. The van der Waals surface area contributed by atoms with E-state index in [0.717, 1.165) is 12.8 Å². The molecule has 5 nitrogen and oxygen atoms in total. The van der Waals surface area contributed by atoms with E-state index < -0.39 is 0 Å². The summed E-state index contributed by atoms with van der Waals surface area (Å²) >= 11 is 1.76. The third-order valence-corrected chi connectivity index (χ3v) is 6.31. The molecule has 1 unspecified atom stereocenters. The fraction of sp³-hybridized carbons (Fsp3) is 0.250. The van der Waals surface area contributed by atoms with Crippen molar-refractivity contribution in [1.82, 2.24) is 4.90 Å². The molecule has 30 heavy (non-hydrogen) atoms. The summed E-state index contributed by atoms with van der Waals surface area (Å²) in [5.41, 5.74) is 2.36. The molecule has 0 bridgehead atoms. The van der Waals surface area contributed by atoms with Crippen molar-refractivity contribution >= 4 is 28.8 Å². The van der Waals surface area contributed by atoms with E-state index in [4.69, 9.17) is 4.74 Å². The Kier molecular flexibility index (Phi) is 6.14. The number of benzene rings is 2. The Balaban J connectivity index is 1.44. The van der Waals surface area contributed by atoms with E-state index >= 15 is 0 Å². The SMILES string of the molecule is CCC1c2ccsc2CCN1C(=O)COc1ccccc1C(=O)Nc1ccccc1. The first-order valence-corrected chi connectivity index (χ1v) is 11.0. The van der Waals surface area contributed by atoms with Gasteiger partial charge in [0, 0.05) is 17.1 Å². The van der Waals surface area contributed by atoms with Crippen molar-refractivity contribution in [3.63, 3.8) is 0 Å². The van der Waals surface area contributed by atoms with Gasteiger partial charge in [0.25, 0.3) is 11.8 Å². The van der Waals surface area contributed by atoms with Crippen LogP contribution in [-0.4, -0.2) is 29.9 Å². The van der Waals surface area contributed by atoms with Gasteiger partial charge >= 0.3 is 0 Å². The molecule has 2 heterocycles. The maximum atomic E-state index is 12.9. The first kappa shape index (κ1) is 20.2. The molecule has 1 aliphatic heterocycles. The van der Waals surface area contributed by atoms with Crippen molar-refractivity contribution in [3.05, 3.63) is 82.0 Å². The van der Waals surface area contributed by atoms with Crippen LogP contribution in [0.2, 0.25) is 0 Å². The number of hydrogen-bond donors (Lipinski definition) is 1. The Morgan fingerprint density at radius 2 is 1.87 bits per heavy atom. The first-order valence-electron chi connectivity index (χ1n) is 10.1. The molecule has 1 aromatic heterocycles. The molecule has 4 rings (SSSR count). The monoisotopic (exact) mass is 420 g/mol. The molecule has 3 aromatic rings. The summed E-state index contributed by atoms with van der Waals surface area (Å²) in [6, 6.07) is 18.5. The predicted octanol–water partition coefficient (Wildman–Crippen LogP) is 4.92. The number of anilines is 1. The smallest absolute Gasteiger partial charge is 0.261 e. The topological polar surface area (TPSA) is 58.6 Å². The number of nitrogens with zero attached hydrogens (tertiary/aromatic N) is 1. The van der Waals surface area contributed by atoms with Crippen molar-refractivity contribution in [1.29, 1.82) is 0 Å². The minimum atomic E-state index is -0.267. The Hall–Kier alpha value is -3.12. The largest absolute Gasteiger partial charge is 0.483 e. The zero-order valence-electron chi connectivity index (χ0n) is 16.8. The minimum absolute atomic E-state index is 0.0584. The number of nitrogens with one attached hydrogen (secondary N) is 1. The van der Waals surface area contributed by atoms with E-state index in [9.17, 15) is 9.59 Å². The number of hydrogen-bond acceptors (Lipinski definition) is 4. The molecule has 0 saturated heterocycles. The first-order chi connectivity index (χ1) is 14.7. The lowest BCUT2D eigenvalue weighted by molar-refractivity contribution is -0.136. The number of fused-ring (bicyclic) bond motifs is 1. The summed E-state index contributed by atoms with van der Waals surface area (Å²) < 4.78 is 5.82. The van der Waals surface area contributed by atoms with Crippen molar-refractivity contribution in [3.8, 4) is 5.75 Å². The van der Waals surface area contributed by atoms with Gasteiger partial charge in [-0.3, -0.25) is 9.59 Å². The van der Waals surface area contributed by atoms with Gasteiger partial charge in [0.15, 0.2) is 6.61 Å². The fourth-order valence-corrected chi connectivity index (χ4v) is 4.79. The van der Waals surface area contributed by atoms with Crippen molar-refractivity contribution in [2.75, 3.05) is 18.5 Å². The van der Waals surface area contributed by atoms with Crippen LogP contribution in [0.15, 0.2) is 66.0 Å². The summed E-state index contributed by atoms with van der Waals surface area (Å²) in [6.45, 7) is 2.71. The third-order valence-electron chi connectivity index (χ3n) is 5.32. The maximum absolute atomic E-state index is 12.9. The molecule has 2 amide bonds. The second-order valence-corrected chi connectivity index (χ2v) is 8.17. The molecule has 154 valence electrons. The standard InChI is InChI=1S/C24H24N2O3S/c1-2-20-18-13-15-30-22(18)12-14-26(20)23(27)16-29-21-11-7-6-10-19(21)24(28)25-17-8-4-3-5-9-17/h3-11,13,15,20H,2,12,14,16H2,1H3,(H,25,28). The van der Waals surface area contributed by atoms with Crippen LogP contribution >= 0.6 is 11.3 Å². The highest BCUT2D eigenvalue weighted by atomic mass is 32.1. The van der Waals surface area contributed by atoms with Gasteiger partial charge in [-0.25, -0.2) is 0 Å². The summed E-state index contributed by atoms with van der Waals surface area (Å²) in [7, 11) is 0. The van der Waals surface area contributed by atoms with E-state index in [0.29, 0.717) is 23.5 Å². The lowest BCUT2D eigenvalue weighted by Gasteiger charge is -2.35. The number of thiophene rings is 1. The van der Waals surface area contributed by atoms with Crippen molar-refractivity contribution in [2.24, 2.45) is 0 Å². The number of rotatable bonds is 6. The molecule has 0 spiro atoms. The summed E-state index contributed by atoms with van der Waals surface area (Å²) in [5.74, 6) is 0.0779. The van der Waals surface area contributed by atoms with Gasteiger partial charge in [-0.15, -0.1) is 11.3 Å². The summed E-state index contributed by atoms with van der Waals surface area (Å²) in [6.07, 6.45) is 1.75. The molecule has 1 atom stereocenters. The molecule has 2 aromatic carbocycles. The lowest BCUT2D eigenvalue weighted by atomic mass is 9.98. The van der Waals surface area contributed by atoms with Crippen LogP contribution in [0.3, 0.4) is 0 Å². The Labute approximate surface area is 180 Å². The zero-order valence-corrected chi connectivity index (χ0v) is 17.7. The second-order valence-electron chi connectivity index (χ2n) is 7.17. The normalized spacial score (nSPS) is 15.4. The van der Waals surface area contributed by atoms with Crippen LogP contribution in [0.1, 0.15) is 40.2 Å².